The zero-order chi connectivity index (χ0) is 17.5. The Labute approximate surface area is 141 Å². The summed E-state index contributed by atoms with van der Waals surface area (Å²) in [5, 5.41) is 3.56. The Bertz CT molecular complexity index is 532. The zero-order valence-corrected chi connectivity index (χ0v) is 16.5. The number of anilines is 1. The maximum Gasteiger partial charge on any atom is 0.168 e. The number of hydrogen-bond acceptors (Lipinski definition) is 1. The molecule has 0 unspecified atom stereocenters. The van der Waals surface area contributed by atoms with Crippen LogP contribution in [0, 0.1) is 0 Å². The summed E-state index contributed by atoms with van der Waals surface area (Å²) in [6, 6.07) is 4.60. The molecule has 2 nitrogen and oxygen atoms in total. The second kappa shape index (κ2) is 5.84. The van der Waals surface area contributed by atoms with Crippen LogP contribution in [0.25, 0.3) is 0 Å². The van der Waals surface area contributed by atoms with E-state index >= 15 is 0 Å². The van der Waals surface area contributed by atoms with Crippen molar-refractivity contribution in [2.75, 3.05) is 5.32 Å². The average molecular weight is 321 g/mol. The molecule has 0 amide bonds. The van der Waals surface area contributed by atoms with Gasteiger partial charge < -0.3 is 11.1 Å². The largest absolute Gasteiger partial charge is 0.376 e. The van der Waals surface area contributed by atoms with Gasteiger partial charge in [0.15, 0.2) is 5.11 Å². The number of rotatable bonds is 1. The summed E-state index contributed by atoms with van der Waals surface area (Å²) in [6.45, 7) is 20.1. The lowest BCUT2D eigenvalue weighted by molar-refractivity contribution is 0.551. The Morgan fingerprint density at radius 3 is 1.41 bits per heavy atom. The predicted molar refractivity (Wildman–Crippen MR) is 103 cm³/mol. The Morgan fingerprint density at radius 2 is 1.18 bits per heavy atom. The second-order valence-corrected chi connectivity index (χ2v) is 9.63. The van der Waals surface area contributed by atoms with Crippen molar-refractivity contribution in [2.24, 2.45) is 5.73 Å². The molecule has 0 atom stereocenters. The summed E-state index contributed by atoms with van der Waals surface area (Å²) in [7, 11) is 0. The van der Waals surface area contributed by atoms with Crippen LogP contribution >= 0.6 is 12.2 Å². The molecule has 0 bridgehead atoms. The first-order chi connectivity index (χ1) is 9.64. The monoisotopic (exact) mass is 320 g/mol. The maximum absolute atomic E-state index is 5.79. The predicted octanol–water partition coefficient (Wildman–Crippen LogP) is 5.23. The number of nitrogens with one attached hydrogen (secondary N) is 1. The van der Waals surface area contributed by atoms with Crippen molar-refractivity contribution in [1.82, 2.24) is 0 Å². The molecule has 0 fully saturated rings. The molecular weight excluding hydrogens is 288 g/mol. The van der Waals surface area contributed by atoms with E-state index in [1.807, 2.05) is 0 Å². The highest BCUT2D eigenvalue weighted by Gasteiger charge is 2.29. The molecule has 22 heavy (non-hydrogen) atoms. The van der Waals surface area contributed by atoms with E-state index in [1.54, 1.807) is 0 Å². The Morgan fingerprint density at radius 1 is 0.818 bits per heavy atom. The molecule has 0 saturated heterocycles. The van der Waals surface area contributed by atoms with E-state index in [-0.39, 0.29) is 16.2 Å². The Balaban J connectivity index is 3.81. The summed E-state index contributed by atoms with van der Waals surface area (Å²) < 4.78 is 0. The molecule has 0 aliphatic carbocycles. The Hall–Kier alpha value is -1.09. The van der Waals surface area contributed by atoms with E-state index < -0.39 is 0 Å². The highest BCUT2D eigenvalue weighted by atomic mass is 32.1. The van der Waals surface area contributed by atoms with Crippen molar-refractivity contribution >= 4 is 23.0 Å². The fourth-order valence-electron chi connectivity index (χ4n) is 2.52. The van der Waals surface area contributed by atoms with Crippen LogP contribution in [-0.4, -0.2) is 5.11 Å². The highest BCUT2D eigenvalue weighted by Crippen LogP contribution is 2.41. The van der Waals surface area contributed by atoms with Crippen molar-refractivity contribution in [2.45, 2.75) is 78.6 Å². The van der Waals surface area contributed by atoms with Crippen molar-refractivity contribution in [3.05, 3.63) is 28.8 Å². The van der Waals surface area contributed by atoms with Crippen LogP contribution in [0.3, 0.4) is 0 Å². The van der Waals surface area contributed by atoms with Crippen LogP contribution in [0.2, 0.25) is 0 Å². The topological polar surface area (TPSA) is 38.0 Å². The maximum atomic E-state index is 5.79. The Kier molecular flexibility index (Phi) is 5.03. The molecule has 3 heteroatoms. The third kappa shape index (κ3) is 4.45. The van der Waals surface area contributed by atoms with Crippen LogP contribution in [-0.2, 0) is 16.2 Å². The molecule has 0 aromatic heterocycles. The molecule has 3 N–H and O–H groups in total. The van der Waals surface area contributed by atoms with Gasteiger partial charge in [-0.05, 0) is 45.2 Å². The van der Waals surface area contributed by atoms with Crippen molar-refractivity contribution in [1.29, 1.82) is 0 Å². The van der Waals surface area contributed by atoms with Gasteiger partial charge in [-0.1, -0.05) is 74.4 Å². The summed E-state index contributed by atoms with van der Waals surface area (Å²) in [4.78, 5) is 0. The number of thiocarbonyl (C=S) groups is 1. The number of nitrogens with two attached hydrogens (primary N) is 1. The summed E-state index contributed by atoms with van der Waals surface area (Å²) in [5.74, 6) is 0. The lowest BCUT2D eigenvalue weighted by Crippen LogP contribution is -2.28. The molecule has 1 aromatic rings. The smallest absolute Gasteiger partial charge is 0.168 e. The van der Waals surface area contributed by atoms with Crippen LogP contribution in [0.5, 0.6) is 0 Å². The van der Waals surface area contributed by atoms with Gasteiger partial charge in [0.2, 0.25) is 0 Å². The van der Waals surface area contributed by atoms with Gasteiger partial charge in [-0.3, -0.25) is 0 Å². The lowest BCUT2D eigenvalue weighted by Gasteiger charge is -2.33. The van der Waals surface area contributed by atoms with Gasteiger partial charge >= 0.3 is 0 Å². The van der Waals surface area contributed by atoms with E-state index in [1.165, 1.54) is 16.7 Å². The molecule has 124 valence electrons. The van der Waals surface area contributed by atoms with E-state index in [2.05, 4.69) is 79.8 Å². The molecule has 1 aromatic carbocycles. The zero-order valence-electron chi connectivity index (χ0n) is 15.6. The SMILES string of the molecule is CC(C)(C)c1cc(C(C)(C)C)c(NC(N)=S)c(C(C)(C)C)c1. The van der Waals surface area contributed by atoms with Crippen molar-refractivity contribution in [3.63, 3.8) is 0 Å². The molecule has 0 saturated carbocycles. The molecule has 0 radical (unpaired) electrons. The first kappa shape index (κ1) is 19.0. The van der Waals surface area contributed by atoms with Gasteiger partial charge in [0.05, 0.1) is 0 Å². The van der Waals surface area contributed by atoms with E-state index in [0.717, 1.165) is 5.69 Å². The van der Waals surface area contributed by atoms with Crippen LogP contribution in [0.1, 0.15) is 79.0 Å². The quantitative estimate of drug-likeness (QED) is 0.695. The number of hydrogen-bond donors (Lipinski definition) is 2. The molecular formula is C19H32N2S. The number of benzene rings is 1. The van der Waals surface area contributed by atoms with E-state index in [0.29, 0.717) is 5.11 Å². The second-order valence-electron chi connectivity index (χ2n) is 9.19. The van der Waals surface area contributed by atoms with Gasteiger partial charge in [-0.15, -0.1) is 0 Å². The summed E-state index contributed by atoms with van der Waals surface area (Å²) in [5.41, 5.74) is 10.8. The van der Waals surface area contributed by atoms with Gasteiger partial charge in [-0.25, -0.2) is 0 Å². The first-order valence-corrected chi connectivity index (χ1v) is 8.31. The van der Waals surface area contributed by atoms with E-state index in [9.17, 15) is 0 Å². The fraction of sp³-hybridized carbons (Fsp3) is 0.632. The normalized spacial score (nSPS) is 13.1. The van der Waals surface area contributed by atoms with Crippen molar-refractivity contribution < 1.29 is 0 Å². The first-order valence-electron chi connectivity index (χ1n) is 7.90. The van der Waals surface area contributed by atoms with Crippen molar-refractivity contribution in [3.8, 4) is 0 Å². The minimum Gasteiger partial charge on any atom is -0.376 e. The standard InChI is InChI=1S/C19H32N2S/c1-17(2,3)12-10-13(18(4,5)6)15(21-16(20)22)14(11-12)19(7,8)9/h10-11H,1-9H3,(H3,20,21,22). The van der Waals surface area contributed by atoms with Gasteiger partial charge in [0, 0.05) is 5.69 Å². The highest BCUT2D eigenvalue weighted by molar-refractivity contribution is 7.80. The van der Waals surface area contributed by atoms with E-state index in [4.69, 9.17) is 18.0 Å². The molecule has 0 heterocycles. The summed E-state index contributed by atoms with van der Waals surface area (Å²) in [6.07, 6.45) is 0. The van der Waals surface area contributed by atoms with Crippen LogP contribution in [0.4, 0.5) is 5.69 Å². The third-order valence-electron chi connectivity index (χ3n) is 3.87. The van der Waals surface area contributed by atoms with Gasteiger partial charge in [0.1, 0.15) is 0 Å². The summed E-state index contributed by atoms with van der Waals surface area (Å²) >= 11 is 5.12. The minimum atomic E-state index is 0.00831. The lowest BCUT2D eigenvalue weighted by atomic mass is 9.74. The molecule has 1 rings (SSSR count). The molecule has 0 aliphatic heterocycles. The van der Waals surface area contributed by atoms with Gasteiger partial charge in [-0.2, -0.15) is 0 Å². The fourth-order valence-corrected chi connectivity index (χ4v) is 2.62. The molecule has 0 spiro atoms. The third-order valence-corrected chi connectivity index (χ3v) is 3.97. The minimum absolute atomic E-state index is 0.00831. The van der Waals surface area contributed by atoms with Crippen LogP contribution in [0.15, 0.2) is 12.1 Å². The molecule has 0 aliphatic rings. The van der Waals surface area contributed by atoms with Crippen LogP contribution < -0.4 is 11.1 Å². The van der Waals surface area contributed by atoms with Gasteiger partial charge in [0.25, 0.3) is 0 Å². The average Bonchev–Trinajstić information content (AvgIpc) is 2.23.